The smallest absolute Gasteiger partial charge is 0.255 e. The average Bonchev–Trinajstić information content (AvgIpc) is 3.53. The molecule has 1 unspecified atom stereocenters. The van der Waals surface area contributed by atoms with Crippen LogP contribution < -0.4 is 0 Å². The molecule has 1 saturated carbocycles. The lowest BCUT2D eigenvalue weighted by Crippen LogP contribution is -2.36. The van der Waals surface area contributed by atoms with Gasteiger partial charge in [0.2, 0.25) is 5.91 Å². The van der Waals surface area contributed by atoms with Gasteiger partial charge < -0.3 is 9.80 Å². The molecule has 7 nitrogen and oxygen atoms in total. The number of carbonyl (C=O) groups is 2. The van der Waals surface area contributed by atoms with Crippen molar-refractivity contribution in [2.75, 3.05) is 20.1 Å². The van der Waals surface area contributed by atoms with Crippen molar-refractivity contribution in [1.29, 1.82) is 0 Å². The summed E-state index contributed by atoms with van der Waals surface area (Å²) in [6.07, 6.45) is 8.55. The third-order valence-electron chi connectivity index (χ3n) is 6.55. The molecule has 3 heterocycles. The highest BCUT2D eigenvalue weighted by atomic mass is 16.2. The Morgan fingerprint density at radius 3 is 2.71 bits per heavy atom. The molecule has 1 aromatic carbocycles. The first-order chi connectivity index (χ1) is 15.1. The molecule has 2 amide bonds. The molecule has 2 fully saturated rings. The summed E-state index contributed by atoms with van der Waals surface area (Å²) in [5.74, 6) is 0.346. The van der Waals surface area contributed by atoms with E-state index in [1.54, 1.807) is 30.5 Å². The summed E-state index contributed by atoms with van der Waals surface area (Å²) in [4.78, 5) is 38.2. The number of nitrogens with zero attached hydrogens (tertiary/aromatic N) is 5. The number of fused-ring (bicyclic) bond motifs is 1. The minimum atomic E-state index is -0.0876. The number of carbonyl (C=O) groups excluding carboxylic acids is 2. The molecule has 0 bridgehead atoms. The number of amides is 2. The third-order valence-corrected chi connectivity index (χ3v) is 6.55. The molecule has 1 atom stereocenters. The Kier molecular flexibility index (Phi) is 5.18. The first-order valence-corrected chi connectivity index (χ1v) is 11.0. The maximum Gasteiger partial charge on any atom is 0.255 e. The molecule has 2 aliphatic rings. The molecule has 0 radical (unpaired) electrons. The number of pyridine rings is 1. The summed E-state index contributed by atoms with van der Waals surface area (Å²) in [6, 6.07) is 12.1. The molecule has 0 spiro atoms. The van der Waals surface area contributed by atoms with Gasteiger partial charge in [0.1, 0.15) is 11.8 Å². The van der Waals surface area contributed by atoms with E-state index >= 15 is 0 Å². The maximum absolute atomic E-state index is 13.0. The van der Waals surface area contributed by atoms with Crippen LogP contribution in [0.3, 0.4) is 0 Å². The molecule has 5 rings (SSSR count). The lowest BCUT2D eigenvalue weighted by atomic mass is 10.1. The van der Waals surface area contributed by atoms with Crippen molar-refractivity contribution >= 4 is 23.0 Å². The van der Waals surface area contributed by atoms with Gasteiger partial charge in [-0.1, -0.05) is 31.0 Å². The number of hydrogen-bond donors (Lipinski definition) is 0. The number of rotatable bonds is 5. The molecule has 0 N–H and O–H groups in total. The van der Waals surface area contributed by atoms with Gasteiger partial charge in [0.05, 0.1) is 5.56 Å². The molecule has 3 aromatic rings. The van der Waals surface area contributed by atoms with Crippen molar-refractivity contribution in [2.24, 2.45) is 5.92 Å². The highest BCUT2D eigenvalue weighted by Crippen LogP contribution is 2.30. The highest BCUT2D eigenvalue weighted by Gasteiger charge is 2.36. The topological polar surface area (TPSA) is 71.3 Å². The number of imidazole rings is 1. The highest BCUT2D eigenvalue weighted by molar-refractivity contribution is 5.96. The third kappa shape index (κ3) is 3.80. The van der Waals surface area contributed by atoms with Crippen molar-refractivity contribution in [3.8, 4) is 5.69 Å². The lowest BCUT2D eigenvalue weighted by molar-refractivity contribution is -0.129. The second-order valence-corrected chi connectivity index (χ2v) is 8.76. The van der Waals surface area contributed by atoms with Gasteiger partial charge in [-0.2, -0.15) is 0 Å². The van der Waals surface area contributed by atoms with Crippen LogP contribution in [0, 0.1) is 5.92 Å². The largest absolute Gasteiger partial charge is 0.341 e. The van der Waals surface area contributed by atoms with E-state index in [4.69, 9.17) is 0 Å². The van der Waals surface area contributed by atoms with Gasteiger partial charge in [-0.25, -0.2) is 9.97 Å². The van der Waals surface area contributed by atoms with Crippen molar-refractivity contribution in [2.45, 2.75) is 38.1 Å². The fourth-order valence-corrected chi connectivity index (χ4v) is 4.99. The van der Waals surface area contributed by atoms with Crippen LogP contribution in [0.1, 0.15) is 42.5 Å². The van der Waals surface area contributed by atoms with Crippen LogP contribution in [0.15, 0.2) is 48.9 Å². The summed E-state index contributed by atoms with van der Waals surface area (Å²) in [6.45, 7) is 1.34. The molecule has 2 aromatic heterocycles. The Bertz CT molecular complexity index is 1100. The quantitative estimate of drug-likeness (QED) is 0.639. The van der Waals surface area contributed by atoms with Crippen LogP contribution in [0.5, 0.6) is 0 Å². The van der Waals surface area contributed by atoms with Gasteiger partial charge >= 0.3 is 0 Å². The number of likely N-dealkylation sites (tertiary alicyclic amines) is 1. The van der Waals surface area contributed by atoms with E-state index < -0.39 is 0 Å². The van der Waals surface area contributed by atoms with Crippen LogP contribution in [-0.2, 0) is 4.79 Å². The van der Waals surface area contributed by atoms with E-state index in [-0.39, 0.29) is 17.7 Å². The van der Waals surface area contributed by atoms with E-state index in [9.17, 15) is 9.59 Å². The zero-order valence-electron chi connectivity index (χ0n) is 17.8. The summed E-state index contributed by atoms with van der Waals surface area (Å²) in [5.41, 5.74) is 2.90. The Labute approximate surface area is 181 Å². The maximum atomic E-state index is 13.0. The Balaban J connectivity index is 1.28. The summed E-state index contributed by atoms with van der Waals surface area (Å²) < 4.78 is 1.91. The van der Waals surface area contributed by atoms with Crippen LogP contribution in [0.25, 0.3) is 16.9 Å². The second kappa shape index (κ2) is 8.13. The second-order valence-electron chi connectivity index (χ2n) is 8.76. The summed E-state index contributed by atoms with van der Waals surface area (Å²) >= 11 is 0. The minimum Gasteiger partial charge on any atom is -0.341 e. The number of aromatic nitrogens is 3. The molecular formula is C24H27N5O2. The van der Waals surface area contributed by atoms with E-state index in [0.29, 0.717) is 30.1 Å². The number of benzene rings is 1. The van der Waals surface area contributed by atoms with Gasteiger partial charge in [0.25, 0.3) is 5.91 Å². The molecule has 31 heavy (non-hydrogen) atoms. The number of para-hydroxylation sites is 1. The number of hydrogen-bond acceptors (Lipinski definition) is 4. The average molecular weight is 418 g/mol. The van der Waals surface area contributed by atoms with E-state index in [2.05, 4.69) is 14.9 Å². The fourth-order valence-electron chi connectivity index (χ4n) is 4.99. The Hall–Kier alpha value is -3.22. The van der Waals surface area contributed by atoms with E-state index in [1.807, 2.05) is 34.9 Å². The zero-order chi connectivity index (χ0) is 21.4. The molecule has 7 heteroatoms. The first kappa shape index (κ1) is 19.7. The summed E-state index contributed by atoms with van der Waals surface area (Å²) in [7, 11) is 1.80. The van der Waals surface area contributed by atoms with Gasteiger partial charge in [0, 0.05) is 50.4 Å². The van der Waals surface area contributed by atoms with Crippen LogP contribution >= 0.6 is 0 Å². The standard InChI is InChI=1S/C24H27N5O2/c1-27(14-17-11-22(30)28(15-17)19-9-5-6-10-19)24(31)18-12-21-23(25-13-18)29(16-26-21)20-7-3-2-4-8-20/h2-4,7-8,12-13,16-17,19H,5-6,9-11,14-15H2,1H3. The van der Waals surface area contributed by atoms with Crippen molar-refractivity contribution in [3.63, 3.8) is 0 Å². The van der Waals surface area contributed by atoms with Gasteiger partial charge in [-0.3, -0.25) is 14.2 Å². The van der Waals surface area contributed by atoms with Crippen molar-refractivity contribution < 1.29 is 9.59 Å². The molecule has 1 aliphatic heterocycles. The monoisotopic (exact) mass is 417 g/mol. The normalized spacial score (nSPS) is 19.5. The van der Waals surface area contributed by atoms with Crippen LogP contribution in [-0.4, -0.2) is 62.3 Å². The molecule has 1 aliphatic carbocycles. The van der Waals surface area contributed by atoms with Crippen LogP contribution in [0.4, 0.5) is 0 Å². The zero-order valence-corrected chi connectivity index (χ0v) is 17.8. The van der Waals surface area contributed by atoms with Crippen LogP contribution in [0.2, 0.25) is 0 Å². The SMILES string of the molecule is CN(CC1CC(=O)N(C2CCCC2)C1)C(=O)c1cnc2c(c1)ncn2-c1ccccc1. The first-order valence-electron chi connectivity index (χ1n) is 11.0. The summed E-state index contributed by atoms with van der Waals surface area (Å²) in [5, 5.41) is 0. The predicted molar refractivity (Wildman–Crippen MR) is 118 cm³/mol. The molecular weight excluding hydrogens is 390 g/mol. The lowest BCUT2D eigenvalue weighted by Gasteiger charge is -2.25. The van der Waals surface area contributed by atoms with Crippen molar-refractivity contribution in [1.82, 2.24) is 24.3 Å². The van der Waals surface area contributed by atoms with E-state index in [1.165, 1.54) is 12.8 Å². The molecule has 1 saturated heterocycles. The minimum absolute atomic E-state index is 0.0876. The Morgan fingerprint density at radius 2 is 1.94 bits per heavy atom. The van der Waals surface area contributed by atoms with E-state index in [0.717, 1.165) is 30.7 Å². The molecule has 160 valence electrons. The Morgan fingerprint density at radius 1 is 1.16 bits per heavy atom. The van der Waals surface area contributed by atoms with Crippen molar-refractivity contribution in [3.05, 3.63) is 54.5 Å². The fraction of sp³-hybridized carbons (Fsp3) is 0.417. The predicted octanol–water partition coefficient (Wildman–Crippen LogP) is 3.28. The van der Waals surface area contributed by atoms with Gasteiger partial charge in [-0.15, -0.1) is 0 Å². The van der Waals surface area contributed by atoms with Gasteiger partial charge in [0.15, 0.2) is 5.65 Å². The van der Waals surface area contributed by atoms with Gasteiger partial charge in [-0.05, 0) is 31.0 Å².